The first-order valence-electron chi connectivity index (χ1n) is 2.86. The summed E-state index contributed by atoms with van der Waals surface area (Å²) in [6.45, 7) is 4.28. The van der Waals surface area contributed by atoms with Crippen molar-refractivity contribution in [1.82, 2.24) is 0 Å². The van der Waals surface area contributed by atoms with Gasteiger partial charge in [-0.3, -0.25) is 0 Å². The topological polar surface area (TPSA) is 0 Å². The van der Waals surface area contributed by atoms with Gasteiger partial charge in [0, 0.05) is 11.3 Å². The number of hydrogen-bond acceptors (Lipinski definition) is 0. The lowest BCUT2D eigenvalue weighted by Crippen LogP contribution is -2.03. The molecule has 0 aromatic heterocycles. The van der Waals surface area contributed by atoms with E-state index in [4.69, 9.17) is 23.2 Å². The summed E-state index contributed by atoms with van der Waals surface area (Å²) in [7, 11) is 0. The first-order chi connectivity index (χ1) is 3.66. The molecule has 0 amide bonds. The zero-order chi connectivity index (χ0) is 6.57. The van der Waals surface area contributed by atoms with Gasteiger partial charge in [0.25, 0.3) is 0 Å². The van der Waals surface area contributed by atoms with E-state index in [1.807, 2.05) is 0 Å². The predicted octanol–water partition coefficient (Wildman–Crippen LogP) is 2.88. The van der Waals surface area contributed by atoms with Crippen LogP contribution in [0.25, 0.3) is 0 Å². The summed E-state index contributed by atoms with van der Waals surface area (Å²) in [6, 6.07) is 0. The van der Waals surface area contributed by atoms with Crippen molar-refractivity contribution in [2.24, 2.45) is 5.92 Å². The van der Waals surface area contributed by atoms with Crippen molar-refractivity contribution in [3.05, 3.63) is 0 Å². The molecule has 2 heteroatoms. The summed E-state index contributed by atoms with van der Waals surface area (Å²) < 4.78 is 0. The third-order valence-electron chi connectivity index (χ3n) is 0.895. The van der Waals surface area contributed by atoms with E-state index < -0.39 is 0 Å². The molecule has 0 heterocycles. The maximum absolute atomic E-state index is 5.73. The fourth-order valence-electron chi connectivity index (χ4n) is 0.575. The molecule has 0 radical (unpaired) electrons. The largest absolute Gasteiger partial charge is 0.125 e. The zero-order valence-electron chi connectivity index (χ0n) is 5.32. The molecule has 0 aliphatic heterocycles. The average Bonchev–Trinajstić information content (AvgIpc) is 1.65. The van der Waals surface area contributed by atoms with Crippen LogP contribution >= 0.6 is 23.2 Å². The van der Waals surface area contributed by atoms with Gasteiger partial charge in [0.1, 0.15) is 0 Å². The highest BCUT2D eigenvalue weighted by Gasteiger charge is 2.03. The van der Waals surface area contributed by atoms with Crippen LogP contribution in [0.4, 0.5) is 0 Å². The molecular formula is C6H12Cl2. The summed E-state index contributed by atoms with van der Waals surface area (Å²) in [5.41, 5.74) is 0. The molecule has 0 rings (SSSR count). The first kappa shape index (κ1) is 8.58. The zero-order valence-corrected chi connectivity index (χ0v) is 6.84. The van der Waals surface area contributed by atoms with Gasteiger partial charge in [-0.1, -0.05) is 13.8 Å². The molecule has 0 aromatic carbocycles. The second-order valence-electron chi connectivity index (χ2n) is 2.38. The Kier molecular flexibility index (Phi) is 4.78. The van der Waals surface area contributed by atoms with Crippen molar-refractivity contribution in [1.29, 1.82) is 0 Å². The van der Waals surface area contributed by atoms with Crippen molar-refractivity contribution in [2.75, 3.05) is 5.88 Å². The van der Waals surface area contributed by atoms with Gasteiger partial charge in [0.15, 0.2) is 0 Å². The number of halogens is 2. The van der Waals surface area contributed by atoms with E-state index in [0.717, 1.165) is 6.42 Å². The summed E-state index contributed by atoms with van der Waals surface area (Å²) in [5, 5.41) is 0.164. The molecule has 0 spiro atoms. The minimum absolute atomic E-state index is 0.164. The average molecular weight is 155 g/mol. The molecular weight excluding hydrogens is 143 g/mol. The van der Waals surface area contributed by atoms with Gasteiger partial charge in [-0.15, -0.1) is 23.2 Å². The van der Waals surface area contributed by atoms with Crippen LogP contribution in [0.15, 0.2) is 0 Å². The van der Waals surface area contributed by atoms with E-state index >= 15 is 0 Å². The Hall–Kier alpha value is 0.580. The van der Waals surface area contributed by atoms with E-state index in [2.05, 4.69) is 13.8 Å². The van der Waals surface area contributed by atoms with Crippen LogP contribution in [-0.2, 0) is 0 Å². The van der Waals surface area contributed by atoms with Crippen LogP contribution in [-0.4, -0.2) is 11.3 Å². The van der Waals surface area contributed by atoms with Gasteiger partial charge in [-0.2, -0.15) is 0 Å². The lowest BCUT2D eigenvalue weighted by Gasteiger charge is -2.06. The van der Waals surface area contributed by atoms with Crippen LogP contribution in [0, 0.1) is 5.92 Å². The number of rotatable bonds is 3. The van der Waals surface area contributed by atoms with Crippen molar-refractivity contribution in [3.8, 4) is 0 Å². The van der Waals surface area contributed by atoms with Gasteiger partial charge in [-0.05, 0) is 12.3 Å². The Morgan fingerprint density at radius 1 is 1.38 bits per heavy atom. The van der Waals surface area contributed by atoms with E-state index in [1.165, 1.54) is 0 Å². The standard InChI is InChI=1S/C6H12Cl2/c1-5(2)3-6(8)4-7/h5-6H,3-4H2,1-2H3. The number of hydrogen-bond donors (Lipinski definition) is 0. The van der Waals surface area contributed by atoms with Crippen molar-refractivity contribution < 1.29 is 0 Å². The van der Waals surface area contributed by atoms with E-state index in [9.17, 15) is 0 Å². The molecule has 0 N–H and O–H groups in total. The quantitative estimate of drug-likeness (QED) is 0.549. The van der Waals surface area contributed by atoms with Gasteiger partial charge in [0.05, 0.1) is 0 Å². The second-order valence-corrected chi connectivity index (χ2v) is 3.31. The molecule has 0 saturated heterocycles. The Labute approximate surface area is 61.2 Å². The van der Waals surface area contributed by atoms with Gasteiger partial charge >= 0.3 is 0 Å². The normalized spacial score (nSPS) is 14.6. The van der Waals surface area contributed by atoms with Crippen molar-refractivity contribution in [3.63, 3.8) is 0 Å². The van der Waals surface area contributed by atoms with Gasteiger partial charge in [0.2, 0.25) is 0 Å². The molecule has 0 fully saturated rings. The minimum atomic E-state index is 0.164. The molecule has 0 bridgehead atoms. The summed E-state index contributed by atoms with van der Waals surface area (Å²) in [6.07, 6.45) is 1.02. The summed E-state index contributed by atoms with van der Waals surface area (Å²) >= 11 is 11.2. The van der Waals surface area contributed by atoms with Crippen molar-refractivity contribution >= 4 is 23.2 Å². The lowest BCUT2D eigenvalue weighted by molar-refractivity contribution is 0.583. The fraction of sp³-hybridized carbons (Fsp3) is 1.00. The highest BCUT2D eigenvalue weighted by molar-refractivity contribution is 6.28. The molecule has 1 atom stereocenters. The molecule has 50 valence electrons. The first-order valence-corrected chi connectivity index (χ1v) is 3.84. The molecule has 0 aliphatic carbocycles. The molecule has 0 saturated carbocycles. The maximum Gasteiger partial charge on any atom is 0.0473 e. The molecule has 1 unspecified atom stereocenters. The third-order valence-corrected chi connectivity index (χ3v) is 1.76. The Morgan fingerprint density at radius 3 is 2.00 bits per heavy atom. The minimum Gasteiger partial charge on any atom is -0.125 e. The van der Waals surface area contributed by atoms with E-state index in [-0.39, 0.29) is 5.38 Å². The fourth-order valence-corrected chi connectivity index (χ4v) is 1.06. The van der Waals surface area contributed by atoms with Gasteiger partial charge < -0.3 is 0 Å². The highest BCUT2D eigenvalue weighted by Crippen LogP contribution is 2.11. The third kappa shape index (κ3) is 4.73. The molecule has 0 aliphatic rings. The predicted molar refractivity (Wildman–Crippen MR) is 39.8 cm³/mol. The lowest BCUT2D eigenvalue weighted by atomic mass is 10.1. The monoisotopic (exact) mass is 154 g/mol. The SMILES string of the molecule is CC(C)CC(Cl)CCl. The number of alkyl halides is 2. The maximum atomic E-state index is 5.73. The molecule has 8 heavy (non-hydrogen) atoms. The Bertz CT molecular complexity index is 52.5. The van der Waals surface area contributed by atoms with Crippen molar-refractivity contribution in [2.45, 2.75) is 25.6 Å². The highest BCUT2D eigenvalue weighted by atomic mass is 35.5. The summed E-state index contributed by atoms with van der Waals surface area (Å²) in [4.78, 5) is 0. The smallest absolute Gasteiger partial charge is 0.0473 e. The van der Waals surface area contributed by atoms with Gasteiger partial charge in [-0.25, -0.2) is 0 Å². The van der Waals surface area contributed by atoms with Crippen LogP contribution in [0.1, 0.15) is 20.3 Å². The summed E-state index contributed by atoms with van der Waals surface area (Å²) in [5.74, 6) is 1.23. The van der Waals surface area contributed by atoms with E-state index in [1.54, 1.807) is 0 Å². The van der Waals surface area contributed by atoms with E-state index in [0.29, 0.717) is 11.8 Å². The van der Waals surface area contributed by atoms with Crippen LogP contribution in [0.2, 0.25) is 0 Å². The molecule has 0 aromatic rings. The van der Waals surface area contributed by atoms with Crippen LogP contribution < -0.4 is 0 Å². The Balaban J connectivity index is 3.10. The second kappa shape index (κ2) is 4.46. The van der Waals surface area contributed by atoms with Crippen LogP contribution in [0.5, 0.6) is 0 Å². The van der Waals surface area contributed by atoms with Crippen LogP contribution in [0.3, 0.4) is 0 Å². The molecule has 0 nitrogen and oxygen atoms in total. The Morgan fingerprint density at radius 2 is 1.88 bits per heavy atom.